The normalized spacial score (nSPS) is 8.68. The molecule has 0 saturated carbocycles. The number of carbonyl (C=O) groups excluding carboxylic acids is 3. The number of hydrogen-bond donors (Lipinski definition) is 2. The Morgan fingerprint density at radius 1 is 0.842 bits per heavy atom. The van der Waals surface area contributed by atoms with Crippen LogP contribution in [0.2, 0.25) is 0 Å². The summed E-state index contributed by atoms with van der Waals surface area (Å²) in [6, 6.07) is 0. The topological polar surface area (TPSA) is 201 Å². The van der Waals surface area contributed by atoms with Crippen LogP contribution < -0.4 is 20.4 Å². The van der Waals surface area contributed by atoms with Crippen LogP contribution in [0.5, 0.6) is 0 Å². The van der Waals surface area contributed by atoms with E-state index < -0.39 is 42.5 Å². The zero-order valence-electron chi connectivity index (χ0n) is 9.49. The van der Waals surface area contributed by atoms with E-state index in [1.54, 1.807) is 0 Å². The van der Waals surface area contributed by atoms with Crippen molar-refractivity contribution in [1.82, 2.24) is 0 Å². The molecule has 0 aromatic carbocycles. The Morgan fingerprint density at radius 3 is 1.16 bits per heavy atom. The third-order valence-electron chi connectivity index (χ3n) is 1.25. The van der Waals surface area contributed by atoms with E-state index in [9.17, 15) is 29.7 Å². The van der Waals surface area contributed by atoms with Crippen LogP contribution in [0, 0.1) is 0 Å². The second kappa shape index (κ2) is 12.2. The molecule has 0 aliphatic rings. The van der Waals surface area contributed by atoms with Gasteiger partial charge in [-0.3, -0.25) is 0 Å². The molecule has 0 spiro atoms. The summed E-state index contributed by atoms with van der Waals surface area (Å²) < 4.78 is 0. The molecule has 0 radical (unpaired) electrons. The van der Waals surface area contributed by atoms with E-state index in [2.05, 4.69) is 0 Å². The molecule has 98 valence electrons. The van der Waals surface area contributed by atoms with Crippen molar-refractivity contribution in [2.24, 2.45) is 0 Å². The summed E-state index contributed by atoms with van der Waals surface area (Å²) >= 11 is 0. The van der Waals surface area contributed by atoms with Gasteiger partial charge in [0.25, 0.3) is 0 Å². The van der Waals surface area contributed by atoms with Crippen LogP contribution in [0.15, 0.2) is 0 Å². The molecule has 12 heteroatoms. The summed E-state index contributed by atoms with van der Waals surface area (Å²) in [4.78, 5) is 38.4. The average molecular weight is 299 g/mol. The second-order valence-electron chi connectivity index (χ2n) is 2.68. The maximum atomic E-state index is 10.1. The van der Waals surface area contributed by atoms with Gasteiger partial charge in [0, 0.05) is 24.8 Å². The SMILES string of the molecule is O=C([O-])CC(O)(CC(=O)[O-])C(=O)[O-].O=C([O-])O.[Mg+2].[Mg+2]. The minimum Gasteiger partial charge on any atom is -0.565 e. The molecule has 0 amide bonds. The van der Waals surface area contributed by atoms with Crippen LogP contribution in [0.4, 0.5) is 4.79 Å². The quantitative estimate of drug-likeness (QED) is 0.459. The van der Waals surface area contributed by atoms with E-state index in [-0.39, 0.29) is 46.1 Å². The fraction of sp³-hybridized carbons (Fsp3) is 0.429. The molecule has 0 bridgehead atoms. The largest absolute Gasteiger partial charge is 2.00 e. The second-order valence-corrected chi connectivity index (χ2v) is 2.68. The van der Waals surface area contributed by atoms with Gasteiger partial charge < -0.3 is 49.8 Å². The number of hydrogen-bond acceptors (Lipinski definition) is 9. The van der Waals surface area contributed by atoms with E-state index in [1.807, 2.05) is 0 Å². The van der Waals surface area contributed by atoms with Crippen LogP contribution in [-0.4, -0.2) is 86.0 Å². The summed E-state index contributed by atoms with van der Waals surface area (Å²) in [5.74, 6) is -5.98. The number of carbonyl (C=O) groups is 4. The molecule has 0 atom stereocenters. The molecular weight excluding hydrogens is 293 g/mol. The van der Waals surface area contributed by atoms with Crippen molar-refractivity contribution in [2.45, 2.75) is 18.4 Å². The maximum Gasteiger partial charge on any atom is 2.00 e. The van der Waals surface area contributed by atoms with Crippen molar-refractivity contribution in [3.63, 3.8) is 0 Å². The van der Waals surface area contributed by atoms with Gasteiger partial charge in [-0.25, -0.2) is 0 Å². The number of aliphatic carboxylic acids is 3. The van der Waals surface area contributed by atoms with Gasteiger partial charge in [0.2, 0.25) is 6.16 Å². The van der Waals surface area contributed by atoms with Crippen molar-refractivity contribution >= 4 is 70.2 Å². The molecule has 19 heavy (non-hydrogen) atoms. The van der Waals surface area contributed by atoms with Gasteiger partial charge in [-0.1, -0.05) is 0 Å². The molecule has 0 aromatic heterocycles. The van der Waals surface area contributed by atoms with E-state index in [4.69, 9.17) is 20.1 Å². The van der Waals surface area contributed by atoms with E-state index in [0.717, 1.165) is 0 Å². The molecule has 10 nitrogen and oxygen atoms in total. The average Bonchev–Trinajstić information content (AvgIpc) is 1.98. The van der Waals surface area contributed by atoms with Crippen LogP contribution in [-0.2, 0) is 14.4 Å². The monoisotopic (exact) mass is 298 g/mol. The Balaban J connectivity index is -0.000000165. The Kier molecular flexibility index (Phi) is 17.2. The first-order chi connectivity index (χ1) is 7.51. The number of carboxylic acid groups (broad SMARTS) is 5. The molecule has 0 saturated heterocycles. The van der Waals surface area contributed by atoms with Gasteiger partial charge >= 0.3 is 46.1 Å². The third kappa shape index (κ3) is 17.2. The molecule has 0 aliphatic heterocycles. The third-order valence-corrected chi connectivity index (χ3v) is 1.25. The van der Waals surface area contributed by atoms with Crippen molar-refractivity contribution < 1.29 is 49.8 Å². The number of carboxylic acids is 3. The summed E-state index contributed by atoms with van der Waals surface area (Å²) in [6.07, 6.45) is -4.80. The van der Waals surface area contributed by atoms with E-state index in [0.29, 0.717) is 0 Å². The summed E-state index contributed by atoms with van der Waals surface area (Å²) in [5, 5.41) is 54.2. The molecule has 0 unspecified atom stereocenters. The number of aliphatic hydroxyl groups is 1. The summed E-state index contributed by atoms with van der Waals surface area (Å²) in [6.45, 7) is 0. The minimum absolute atomic E-state index is 0. The molecular formula is C7H6Mg2O10. The van der Waals surface area contributed by atoms with Gasteiger partial charge in [0.1, 0.15) is 5.60 Å². The zero-order valence-corrected chi connectivity index (χ0v) is 12.3. The molecule has 0 fully saturated rings. The van der Waals surface area contributed by atoms with Crippen molar-refractivity contribution in [3.05, 3.63) is 0 Å². The molecule has 0 aromatic rings. The zero-order chi connectivity index (χ0) is 14.2. The Morgan fingerprint density at radius 2 is 1.05 bits per heavy atom. The van der Waals surface area contributed by atoms with Crippen molar-refractivity contribution in [1.29, 1.82) is 0 Å². The minimum atomic E-state index is -2.97. The Hall–Kier alpha value is -0.828. The van der Waals surface area contributed by atoms with Crippen LogP contribution in [0.1, 0.15) is 12.8 Å². The summed E-state index contributed by atoms with van der Waals surface area (Å²) in [5.41, 5.74) is -2.97. The summed E-state index contributed by atoms with van der Waals surface area (Å²) in [7, 11) is 0. The smallest absolute Gasteiger partial charge is 0.565 e. The molecule has 0 heterocycles. The Bertz CT molecular complexity index is 308. The van der Waals surface area contributed by atoms with Crippen LogP contribution in [0.3, 0.4) is 0 Å². The van der Waals surface area contributed by atoms with Crippen LogP contribution in [0.25, 0.3) is 0 Å². The molecule has 2 N–H and O–H groups in total. The van der Waals surface area contributed by atoms with Crippen LogP contribution >= 0.6 is 0 Å². The van der Waals surface area contributed by atoms with E-state index >= 15 is 0 Å². The van der Waals surface area contributed by atoms with Crippen molar-refractivity contribution in [2.75, 3.05) is 0 Å². The predicted molar refractivity (Wildman–Crippen MR) is 48.7 cm³/mol. The maximum absolute atomic E-state index is 10.1. The van der Waals surface area contributed by atoms with E-state index in [1.165, 1.54) is 0 Å². The fourth-order valence-corrected chi connectivity index (χ4v) is 0.684. The van der Waals surface area contributed by atoms with Gasteiger partial charge in [0.15, 0.2) is 0 Å². The first-order valence-electron chi connectivity index (χ1n) is 3.74. The van der Waals surface area contributed by atoms with Crippen molar-refractivity contribution in [3.8, 4) is 0 Å². The van der Waals surface area contributed by atoms with Gasteiger partial charge in [0.05, 0.1) is 5.97 Å². The Labute approximate surface area is 138 Å². The van der Waals surface area contributed by atoms with Gasteiger partial charge in [-0.15, -0.1) is 0 Å². The number of rotatable bonds is 5. The molecule has 0 aliphatic carbocycles. The fourth-order valence-electron chi connectivity index (χ4n) is 0.684. The molecule has 0 rings (SSSR count). The standard InChI is InChI=1S/C6H8O7.CH2O3.2Mg/c7-3(8)1-6(13,5(11)12)2-4(9)10;2-1(3)4;;/h13H,1-2H2,(H,7,8)(H,9,10)(H,11,12);(H2,2,3,4);;/q;;2*+2/p-4. The van der Waals surface area contributed by atoms with Gasteiger partial charge in [-0.2, -0.15) is 0 Å². The first kappa shape index (κ1) is 26.7. The van der Waals surface area contributed by atoms with Gasteiger partial charge in [-0.05, 0) is 0 Å². The first-order valence-corrected chi connectivity index (χ1v) is 3.74. The predicted octanol–water partition coefficient (Wildman–Crippen LogP) is -7.13.